The van der Waals surface area contributed by atoms with Gasteiger partial charge in [0.2, 0.25) is 11.9 Å². The first-order valence-corrected chi connectivity index (χ1v) is 14.6. The number of hydrogen-bond acceptors (Lipinski definition) is 6. The van der Waals surface area contributed by atoms with Gasteiger partial charge in [-0.25, -0.2) is 9.97 Å². The van der Waals surface area contributed by atoms with Gasteiger partial charge >= 0.3 is 12.1 Å². The average Bonchev–Trinajstić information content (AvgIpc) is 2.95. The lowest BCUT2D eigenvalue weighted by molar-refractivity contribution is -0.161. The van der Waals surface area contributed by atoms with E-state index in [1.807, 2.05) is 45.0 Å². The molecule has 4 rings (SSSR count). The summed E-state index contributed by atoms with van der Waals surface area (Å²) >= 11 is 0. The smallest absolute Gasteiger partial charge is 0.419 e. The summed E-state index contributed by atoms with van der Waals surface area (Å²) in [6, 6.07) is 14.8. The van der Waals surface area contributed by atoms with E-state index in [2.05, 4.69) is 15.3 Å². The Balaban J connectivity index is 1.43. The summed E-state index contributed by atoms with van der Waals surface area (Å²) in [5.41, 5.74) is 7.17. The quantitative estimate of drug-likeness (QED) is 0.253. The average molecular weight is 597 g/mol. The largest absolute Gasteiger partial charge is 0.460 e. The van der Waals surface area contributed by atoms with Gasteiger partial charge in [-0.3, -0.25) is 9.59 Å². The van der Waals surface area contributed by atoms with E-state index in [1.165, 1.54) is 0 Å². The summed E-state index contributed by atoms with van der Waals surface area (Å²) in [4.78, 5) is 32.4. The van der Waals surface area contributed by atoms with Crippen LogP contribution in [0.25, 0.3) is 0 Å². The number of rotatable bonds is 9. The minimum Gasteiger partial charge on any atom is -0.460 e. The molecule has 0 bridgehead atoms. The Morgan fingerprint density at radius 1 is 1.00 bits per heavy atom. The highest BCUT2D eigenvalue weighted by molar-refractivity contribution is 5.81. The normalized spacial score (nSPS) is 18.1. The minimum atomic E-state index is -4.61. The Morgan fingerprint density at radius 2 is 1.65 bits per heavy atom. The lowest BCUT2D eigenvalue weighted by Gasteiger charge is -2.30. The number of carbonyl (C=O) groups is 2. The van der Waals surface area contributed by atoms with Crippen molar-refractivity contribution in [3.8, 4) is 0 Å². The Morgan fingerprint density at radius 3 is 2.26 bits per heavy atom. The Labute approximate surface area is 250 Å². The zero-order chi connectivity index (χ0) is 31.4. The van der Waals surface area contributed by atoms with Crippen LogP contribution in [0, 0.1) is 5.92 Å². The standard InChI is InChI=1S/C33H39F3N4O3/c1-20(29(37)41)26-8-6-5-7-23(26)15-18-28-27(33(34,35)36)19-38-31(40-28)39-25-16-13-22(14-17-25)21-9-11-24(12-10-21)30(42)43-32(2,3)4/h5-8,13-14,16-17,19-21,24H,9-12,15,18H2,1-4H3,(H2,37,41)(H,38,39,40). The highest BCUT2D eigenvalue weighted by Crippen LogP contribution is 2.37. The molecule has 0 radical (unpaired) electrons. The van der Waals surface area contributed by atoms with E-state index < -0.39 is 29.2 Å². The van der Waals surface area contributed by atoms with Crippen LogP contribution in [0.5, 0.6) is 0 Å². The molecule has 1 saturated carbocycles. The molecule has 2 aromatic carbocycles. The van der Waals surface area contributed by atoms with Crippen molar-refractivity contribution in [2.75, 3.05) is 5.32 Å². The van der Waals surface area contributed by atoms with Gasteiger partial charge in [0.1, 0.15) is 5.60 Å². The van der Waals surface area contributed by atoms with Crippen molar-refractivity contribution in [3.63, 3.8) is 0 Å². The van der Waals surface area contributed by atoms with Crippen LogP contribution >= 0.6 is 0 Å². The fraction of sp³-hybridized carbons (Fsp3) is 0.455. The van der Waals surface area contributed by atoms with Gasteiger partial charge in [-0.15, -0.1) is 0 Å². The summed E-state index contributed by atoms with van der Waals surface area (Å²) in [6.07, 6.45) is -0.260. The second kappa shape index (κ2) is 13.1. The van der Waals surface area contributed by atoms with Gasteiger partial charge in [-0.2, -0.15) is 13.2 Å². The molecule has 1 atom stereocenters. The Kier molecular flexibility index (Phi) is 9.77. The summed E-state index contributed by atoms with van der Waals surface area (Å²) < 4.78 is 47.0. The Hall–Kier alpha value is -3.95. The number of nitrogens with zero attached hydrogens (tertiary/aromatic N) is 2. The van der Waals surface area contributed by atoms with Crippen molar-refractivity contribution < 1.29 is 27.5 Å². The molecule has 1 aromatic heterocycles. The second-order valence-electron chi connectivity index (χ2n) is 12.2. The van der Waals surface area contributed by atoms with Gasteiger partial charge in [0.15, 0.2) is 0 Å². The maximum absolute atomic E-state index is 13.8. The molecule has 0 aliphatic heterocycles. The van der Waals surface area contributed by atoms with Crippen molar-refractivity contribution in [3.05, 3.63) is 82.7 Å². The number of aryl methyl sites for hydroxylation is 2. The van der Waals surface area contributed by atoms with E-state index in [4.69, 9.17) is 10.5 Å². The molecule has 7 nitrogen and oxygen atoms in total. The molecule has 10 heteroatoms. The number of nitrogens with two attached hydrogens (primary N) is 1. The highest BCUT2D eigenvalue weighted by Gasteiger charge is 2.35. The van der Waals surface area contributed by atoms with Gasteiger partial charge in [0.05, 0.1) is 23.1 Å². The highest BCUT2D eigenvalue weighted by atomic mass is 19.4. The van der Waals surface area contributed by atoms with E-state index in [9.17, 15) is 22.8 Å². The fourth-order valence-electron chi connectivity index (χ4n) is 5.51. The molecule has 0 saturated heterocycles. The number of esters is 1. The molecular weight excluding hydrogens is 557 g/mol. The van der Waals surface area contributed by atoms with Crippen molar-refractivity contribution in [1.29, 1.82) is 0 Å². The number of halogens is 3. The van der Waals surface area contributed by atoms with Crippen LogP contribution in [0.2, 0.25) is 0 Å². The summed E-state index contributed by atoms with van der Waals surface area (Å²) in [5.74, 6) is -0.900. The predicted molar refractivity (Wildman–Crippen MR) is 159 cm³/mol. The zero-order valence-electron chi connectivity index (χ0n) is 25.0. The van der Waals surface area contributed by atoms with Crippen LogP contribution in [-0.2, 0) is 33.3 Å². The molecule has 3 aromatic rings. The van der Waals surface area contributed by atoms with Crippen LogP contribution in [0.3, 0.4) is 0 Å². The molecule has 1 fully saturated rings. The van der Waals surface area contributed by atoms with Crippen LogP contribution in [0.4, 0.5) is 24.8 Å². The van der Waals surface area contributed by atoms with Crippen LogP contribution < -0.4 is 11.1 Å². The third-order valence-electron chi connectivity index (χ3n) is 7.86. The van der Waals surface area contributed by atoms with Crippen molar-refractivity contribution >= 4 is 23.5 Å². The molecule has 3 N–H and O–H groups in total. The van der Waals surface area contributed by atoms with Gasteiger partial charge in [0, 0.05) is 11.9 Å². The van der Waals surface area contributed by atoms with Crippen molar-refractivity contribution in [2.24, 2.45) is 11.7 Å². The number of hydrogen-bond donors (Lipinski definition) is 2. The number of benzene rings is 2. The number of amides is 1. The first-order chi connectivity index (χ1) is 20.2. The number of alkyl halides is 3. The first-order valence-electron chi connectivity index (χ1n) is 14.6. The molecule has 43 heavy (non-hydrogen) atoms. The summed E-state index contributed by atoms with van der Waals surface area (Å²) in [6.45, 7) is 7.29. The van der Waals surface area contributed by atoms with E-state index >= 15 is 0 Å². The molecule has 1 heterocycles. The second-order valence-corrected chi connectivity index (χ2v) is 12.2. The number of carbonyl (C=O) groups excluding carboxylic acids is 2. The van der Waals surface area contributed by atoms with E-state index in [0.717, 1.165) is 43.0 Å². The maximum atomic E-state index is 13.8. The molecule has 1 unspecified atom stereocenters. The van der Waals surface area contributed by atoms with E-state index in [0.29, 0.717) is 17.2 Å². The van der Waals surface area contributed by atoms with Gasteiger partial charge in [0.25, 0.3) is 0 Å². The van der Waals surface area contributed by atoms with E-state index in [1.54, 1.807) is 31.2 Å². The Bertz CT molecular complexity index is 1430. The van der Waals surface area contributed by atoms with Gasteiger partial charge < -0.3 is 15.8 Å². The fourth-order valence-corrected chi connectivity index (χ4v) is 5.51. The molecule has 1 aliphatic carbocycles. The predicted octanol–water partition coefficient (Wildman–Crippen LogP) is 7.23. The SMILES string of the molecule is CC(C(N)=O)c1ccccc1CCc1nc(Nc2ccc(C3CCC(C(=O)OC(C)(C)C)CC3)cc2)ncc1C(F)(F)F. The topological polar surface area (TPSA) is 107 Å². The molecular formula is C33H39F3N4O3. The maximum Gasteiger partial charge on any atom is 0.419 e. The van der Waals surface area contributed by atoms with Crippen LogP contribution in [0.1, 0.15) is 93.2 Å². The number of ether oxygens (including phenoxy) is 1. The third-order valence-corrected chi connectivity index (χ3v) is 7.86. The van der Waals surface area contributed by atoms with Crippen molar-refractivity contribution in [2.45, 2.75) is 89.8 Å². The number of nitrogens with one attached hydrogen (secondary N) is 1. The monoisotopic (exact) mass is 596 g/mol. The number of anilines is 2. The summed E-state index contributed by atoms with van der Waals surface area (Å²) in [5, 5.41) is 3.03. The third kappa shape index (κ3) is 8.55. The first kappa shape index (κ1) is 32.0. The van der Waals surface area contributed by atoms with Crippen molar-refractivity contribution in [1.82, 2.24) is 9.97 Å². The van der Waals surface area contributed by atoms with Crippen LogP contribution in [0.15, 0.2) is 54.7 Å². The molecule has 1 aliphatic rings. The number of aromatic nitrogens is 2. The zero-order valence-corrected chi connectivity index (χ0v) is 25.0. The summed E-state index contributed by atoms with van der Waals surface area (Å²) in [7, 11) is 0. The van der Waals surface area contributed by atoms with E-state index in [-0.39, 0.29) is 36.4 Å². The molecule has 0 spiro atoms. The molecule has 230 valence electrons. The van der Waals surface area contributed by atoms with Gasteiger partial charge in [-0.1, -0.05) is 36.4 Å². The van der Waals surface area contributed by atoms with Crippen LogP contribution in [-0.4, -0.2) is 27.4 Å². The molecule has 1 amide bonds. The lowest BCUT2D eigenvalue weighted by atomic mass is 9.78. The lowest BCUT2D eigenvalue weighted by Crippen LogP contribution is -2.30. The minimum absolute atomic E-state index is 0.000550. The number of primary amides is 1. The van der Waals surface area contributed by atoms with Gasteiger partial charge in [-0.05, 0) is 101 Å².